The highest BCUT2D eigenvalue weighted by Gasteiger charge is 1.97. The average molecular weight is 631 g/mol. The van der Waals surface area contributed by atoms with Crippen LogP contribution >= 0.6 is 0 Å². The van der Waals surface area contributed by atoms with E-state index in [2.05, 4.69) is 118 Å². The predicted octanol–water partition coefficient (Wildman–Crippen LogP) is 14.8. The van der Waals surface area contributed by atoms with E-state index in [0.29, 0.717) is 0 Å². The quantitative estimate of drug-likeness (QED) is 0.0995. The zero-order valence-corrected chi connectivity index (χ0v) is 32.2. The molecule has 46 heavy (non-hydrogen) atoms. The van der Waals surface area contributed by atoms with E-state index in [-0.39, 0.29) is 6.61 Å². The molecule has 1 nitrogen and oxygen atoms in total. The third-order valence-electron chi connectivity index (χ3n) is 8.75. The zero-order chi connectivity index (χ0) is 34.6. The molecule has 0 bridgehead atoms. The Morgan fingerprint density at radius 1 is 0.283 bits per heavy atom. The lowest BCUT2D eigenvalue weighted by Crippen LogP contribution is -1.84. The van der Waals surface area contributed by atoms with Gasteiger partial charge in [-0.05, 0) is 172 Å². The molecule has 0 fully saturated rings. The summed E-state index contributed by atoms with van der Waals surface area (Å²) in [5, 5.41) is 8.96. The Hall–Kier alpha value is -2.38. The fourth-order valence-corrected chi connectivity index (χ4v) is 5.38. The van der Waals surface area contributed by atoms with E-state index in [4.69, 9.17) is 5.11 Å². The zero-order valence-electron chi connectivity index (χ0n) is 32.2. The van der Waals surface area contributed by atoms with Gasteiger partial charge in [0.25, 0.3) is 0 Å². The van der Waals surface area contributed by atoms with Gasteiger partial charge in [-0.2, -0.15) is 0 Å². The molecule has 0 rings (SSSR count). The highest BCUT2D eigenvalue weighted by atomic mass is 16.2. The van der Waals surface area contributed by atoms with Crippen LogP contribution in [0.15, 0.2) is 105 Å². The summed E-state index contributed by atoms with van der Waals surface area (Å²) in [7, 11) is 0. The van der Waals surface area contributed by atoms with Gasteiger partial charge in [0, 0.05) is 0 Å². The first-order valence-corrected chi connectivity index (χ1v) is 18.4. The molecular formula is C45H74O. The fraction of sp³-hybridized carbons (Fsp3) is 0.600. The highest BCUT2D eigenvalue weighted by molar-refractivity contribution is 5.10. The summed E-state index contributed by atoms with van der Waals surface area (Å²) in [6.07, 6.45) is 39.7. The first-order valence-electron chi connectivity index (χ1n) is 18.4. The van der Waals surface area contributed by atoms with Crippen LogP contribution in [0, 0.1) is 0 Å². The molecular weight excluding hydrogens is 556 g/mol. The molecule has 0 aliphatic rings. The van der Waals surface area contributed by atoms with Crippen molar-refractivity contribution in [3.05, 3.63) is 105 Å². The van der Waals surface area contributed by atoms with Gasteiger partial charge >= 0.3 is 0 Å². The van der Waals surface area contributed by atoms with Crippen LogP contribution < -0.4 is 0 Å². The van der Waals surface area contributed by atoms with Gasteiger partial charge in [-0.3, -0.25) is 0 Å². The molecule has 0 unspecified atom stereocenters. The largest absolute Gasteiger partial charge is 0.392 e. The molecule has 1 N–H and O–H groups in total. The predicted molar refractivity (Wildman–Crippen MR) is 210 cm³/mol. The third-order valence-corrected chi connectivity index (χ3v) is 8.75. The Morgan fingerprint density at radius 3 is 0.630 bits per heavy atom. The molecule has 0 radical (unpaired) electrons. The summed E-state index contributed by atoms with van der Waals surface area (Å²) >= 11 is 0. The van der Waals surface area contributed by atoms with Crippen LogP contribution in [0.5, 0.6) is 0 Å². The van der Waals surface area contributed by atoms with Crippen LogP contribution in [0.25, 0.3) is 0 Å². The Kier molecular flexibility index (Phi) is 27.3. The van der Waals surface area contributed by atoms with Gasteiger partial charge in [0.05, 0.1) is 6.61 Å². The maximum atomic E-state index is 8.96. The minimum absolute atomic E-state index is 0.150. The summed E-state index contributed by atoms with van der Waals surface area (Å²) in [5.74, 6) is 0. The van der Waals surface area contributed by atoms with Crippen molar-refractivity contribution >= 4 is 0 Å². The lowest BCUT2D eigenvalue weighted by atomic mass is 10.0. The van der Waals surface area contributed by atoms with Crippen LogP contribution in [0.2, 0.25) is 0 Å². The molecule has 0 aromatic carbocycles. The molecule has 0 spiro atoms. The van der Waals surface area contributed by atoms with E-state index in [9.17, 15) is 0 Å². The van der Waals surface area contributed by atoms with E-state index in [1.165, 1.54) is 95.1 Å². The van der Waals surface area contributed by atoms with Gasteiger partial charge in [0.1, 0.15) is 0 Å². The lowest BCUT2D eigenvalue weighted by Gasteiger charge is -2.04. The summed E-state index contributed by atoms with van der Waals surface area (Å²) in [5.41, 5.74) is 13.3. The molecule has 0 heterocycles. The minimum atomic E-state index is 0.150. The van der Waals surface area contributed by atoms with Gasteiger partial charge in [-0.15, -0.1) is 0 Å². The number of aliphatic hydroxyl groups is 1. The Labute approximate surface area is 287 Å². The van der Waals surface area contributed by atoms with Gasteiger partial charge in [-0.25, -0.2) is 0 Å². The van der Waals surface area contributed by atoms with Crippen molar-refractivity contribution in [2.24, 2.45) is 0 Å². The summed E-state index contributed by atoms with van der Waals surface area (Å²) < 4.78 is 0. The Bertz CT molecular complexity index is 1100. The second-order valence-electron chi connectivity index (χ2n) is 14.2. The third kappa shape index (κ3) is 29.1. The molecule has 0 amide bonds. The summed E-state index contributed by atoms with van der Waals surface area (Å²) in [4.78, 5) is 0. The molecule has 0 aliphatic heterocycles. The van der Waals surface area contributed by atoms with Gasteiger partial charge < -0.3 is 5.11 Å². The molecule has 0 saturated carbocycles. The molecule has 0 aliphatic carbocycles. The maximum absolute atomic E-state index is 8.96. The number of hydrogen-bond donors (Lipinski definition) is 1. The first-order chi connectivity index (χ1) is 21.9. The normalized spacial score (nSPS) is 14.8. The van der Waals surface area contributed by atoms with Crippen LogP contribution in [0.1, 0.15) is 172 Å². The number of hydrogen-bond acceptors (Lipinski definition) is 1. The first kappa shape index (κ1) is 43.6. The number of allylic oxidation sites excluding steroid dienone is 17. The molecule has 0 aromatic rings. The van der Waals surface area contributed by atoms with Crippen LogP contribution in [0.3, 0.4) is 0 Å². The smallest absolute Gasteiger partial charge is 0.0614 e. The second kappa shape index (κ2) is 28.8. The molecule has 0 atom stereocenters. The van der Waals surface area contributed by atoms with Crippen molar-refractivity contribution < 1.29 is 5.11 Å². The van der Waals surface area contributed by atoms with E-state index >= 15 is 0 Å². The van der Waals surface area contributed by atoms with Crippen molar-refractivity contribution in [2.75, 3.05) is 6.61 Å². The van der Waals surface area contributed by atoms with Gasteiger partial charge in [-0.1, -0.05) is 105 Å². The van der Waals surface area contributed by atoms with Gasteiger partial charge in [0.2, 0.25) is 0 Å². The topological polar surface area (TPSA) is 20.2 Å². The van der Waals surface area contributed by atoms with Crippen LogP contribution in [-0.2, 0) is 0 Å². The van der Waals surface area contributed by atoms with Crippen molar-refractivity contribution in [1.29, 1.82) is 0 Å². The second-order valence-corrected chi connectivity index (χ2v) is 14.2. The van der Waals surface area contributed by atoms with Crippen molar-refractivity contribution in [3.8, 4) is 0 Å². The SMILES string of the molecule is CC(C)=CCC/C(C)=C/CC/C(C)=C/CC/C(C)=C\CC/C(C)=C\CC/C(C)=C\CC/C(C)=C\CC/C(C)=C\CC/C(C)=C\CO. The highest BCUT2D eigenvalue weighted by Crippen LogP contribution is 2.17. The Balaban J connectivity index is 4.21. The van der Waals surface area contributed by atoms with Crippen molar-refractivity contribution in [2.45, 2.75) is 172 Å². The van der Waals surface area contributed by atoms with Crippen LogP contribution in [-0.4, -0.2) is 11.7 Å². The maximum Gasteiger partial charge on any atom is 0.0614 e. The molecule has 260 valence electrons. The fourth-order valence-electron chi connectivity index (χ4n) is 5.38. The monoisotopic (exact) mass is 631 g/mol. The van der Waals surface area contributed by atoms with Crippen molar-refractivity contribution in [3.63, 3.8) is 0 Å². The van der Waals surface area contributed by atoms with Crippen LogP contribution in [0.4, 0.5) is 0 Å². The average Bonchev–Trinajstić information content (AvgIpc) is 2.97. The van der Waals surface area contributed by atoms with E-state index in [0.717, 1.165) is 57.8 Å². The Morgan fingerprint density at radius 2 is 0.457 bits per heavy atom. The minimum Gasteiger partial charge on any atom is -0.392 e. The van der Waals surface area contributed by atoms with Gasteiger partial charge in [0.15, 0.2) is 0 Å². The van der Waals surface area contributed by atoms with E-state index in [1.807, 2.05) is 6.08 Å². The summed E-state index contributed by atoms with van der Waals surface area (Å²) in [6.45, 7) is 22.6. The standard InChI is InChI=1S/C45H74O/c1-37(2)19-11-20-38(3)21-12-22-39(4)23-13-24-40(5)25-14-26-41(6)27-15-28-42(7)29-16-30-43(8)31-17-32-44(9)33-18-34-45(10)35-36-46/h19,21,23,25,27,29,31,33,35,46H,11-18,20,22,24,26,28,30,32,34,36H2,1-10H3/b38-21+,39-23+,40-25-,41-27-,42-29-,43-31-,44-33-,45-35-. The molecule has 1 heteroatoms. The van der Waals surface area contributed by atoms with E-state index in [1.54, 1.807) is 0 Å². The summed E-state index contributed by atoms with van der Waals surface area (Å²) in [6, 6.07) is 0. The molecule has 0 saturated heterocycles. The number of rotatable bonds is 25. The molecule has 0 aromatic heterocycles. The van der Waals surface area contributed by atoms with Crippen molar-refractivity contribution in [1.82, 2.24) is 0 Å². The lowest BCUT2D eigenvalue weighted by molar-refractivity contribution is 0.341. The number of aliphatic hydroxyl groups excluding tert-OH is 1. The van der Waals surface area contributed by atoms with E-state index < -0.39 is 0 Å².